The van der Waals surface area contributed by atoms with E-state index in [-0.39, 0.29) is 18.4 Å². The van der Waals surface area contributed by atoms with Gasteiger partial charge in [-0.15, -0.1) is 22.0 Å². The van der Waals surface area contributed by atoms with E-state index in [0.29, 0.717) is 6.61 Å². The lowest BCUT2D eigenvalue weighted by Gasteiger charge is -2.30. The number of aromatic nitrogens is 3. The van der Waals surface area contributed by atoms with E-state index in [1.54, 1.807) is 11.8 Å². The lowest BCUT2D eigenvalue weighted by Crippen LogP contribution is -2.23. The van der Waals surface area contributed by atoms with Gasteiger partial charge in [0.2, 0.25) is 0 Å². The molecule has 1 fully saturated rings. The monoisotopic (exact) mass is 516 g/mol. The number of hydrogen-bond acceptors (Lipinski definition) is 7. The minimum absolute atomic E-state index is 0.0237. The number of fused-ring (bicyclic) bond motifs is 2. The summed E-state index contributed by atoms with van der Waals surface area (Å²) in [5, 5.41) is 8.96. The number of nitrogens with zero attached hydrogens (tertiary/aromatic N) is 3. The van der Waals surface area contributed by atoms with Crippen molar-refractivity contribution >= 4 is 17.4 Å². The van der Waals surface area contributed by atoms with Gasteiger partial charge in [0.1, 0.15) is 11.9 Å². The number of thioether (sulfide) groups is 1. The van der Waals surface area contributed by atoms with Crippen molar-refractivity contribution < 1.29 is 14.2 Å². The molecule has 192 valence electrons. The molecule has 1 aliphatic heterocycles. The van der Waals surface area contributed by atoms with Gasteiger partial charge in [-0.2, -0.15) is 0 Å². The third-order valence-corrected chi connectivity index (χ3v) is 8.08. The molecule has 7 nitrogen and oxygen atoms in total. The Morgan fingerprint density at radius 3 is 2.70 bits per heavy atom. The maximum Gasteiger partial charge on any atom is 0.169 e. The second-order valence-corrected chi connectivity index (χ2v) is 10.7. The van der Waals surface area contributed by atoms with Crippen LogP contribution in [0.25, 0.3) is 17.0 Å². The Balaban J connectivity index is 1.20. The molecule has 2 N–H and O–H groups in total. The zero-order chi connectivity index (χ0) is 25.0. The van der Waals surface area contributed by atoms with Crippen molar-refractivity contribution in [1.82, 2.24) is 14.6 Å². The summed E-state index contributed by atoms with van der Waals surface area (Å²) in [5.41, 5.74) is 10.5. The molecule has 6 rings (SSSR count). The van der Waals surface area contributed by atoms with Crippen LogP contribution in [0.5, 0.6) is 5.75 Å². The minimum Gasteiger partial charge on any atom is -0.484 e. The highest BCUT2D eigenvalue weighted by atomic mass is 32.2. The minimum atomic E-state index is -0.0599. The van der Waals surface area contributed by atoms with E-state index < -0.39 is 0 Å². The Morgan fingerprint density at radius 1 is 0.946 bits per heavy atom. The van der Waals surface area contributed by atoms with Crippen LogP contribution < -0.4 is 10.5 Å². The third kappa shape index (κ3) is 5.38. The van der Waals surface area contributed by atoms with Crippen molar-refractivity contribution in [3.8, 4) is 17.1 Å². The van der Waals surface area contributed by atoms with Crippen LogP contribution in [0.4, 0.5) is 0 Å². The van der Waals surface area contributed by atoms with E-state index in [4.69, 9.17) is 19.9 Å². The van der Waals surface area contributed by atoms with E-state index in [1.165, 1.54) is 17.5 Å². The van der Waals surface area contributed by atoms with Crippen LogP contribution in [0.2, 0.25) is 0 Å². The second kappa shape index (κ2) is 11.2. The number of pyridine rings is 1. The zero-order valence-corrected chi connectivity index (χ0v) is 21.6. The van der Waals surface area contributed by atoms with Crippen molar-refractivity contribution in [1.29, 1.82) is 0 Å². The lowest BCUT2D eigenvalue weighted by atomic mass is 9.86. The Morgan fingerprint density at radius 2 is 1.81 bits per heavy atom. The van der Waals surface area contributed by atoms with E-state index in [1.807, 2.05) is 34.9 Å². The maximum atomic E-state index is 6.50. The van der Waals surface area contributed by atoms with E-state index in [9.17, 15) is 0 Å². The number of nitrogens with two attached hydrogens (primary N) is 1. The predicted octanol–water partition coefficient (Wildman–Crippen LogP) is 5.95. The smallest absolute Gasteiger partial charge is 0.169 e. The van der Waals surface area contributed by atoms with Gasteiger partial charge in [-0.1, -0.05) is 42.5 Å². The largest absolute Gasteiger partial charge is 0.484 e. The first-order valence-corrected chi connectivity index (χ1v) is 14.1. The molecule has 8 heteroatoms. The molecular weight excluding hydrogens is 484 g/mol. The molecule has 0 spiro atoms. The van der Waals surface area contributed by atoms with Gasteiger partial charge in [0.05, 0.1) is 12.8 Å². The molecule has 0 bridgehead atoms. The van der Waals surface area contributed by atoms with E-state index in [0.717, 1.165) is 65.7 Å². The quantitative estimate of drug-likeness (QED) is 0.229. The maximum absolute atomic E-state index is 6.50. The molecule has 2 aliphatic rings. The molecule has 4 aromatic rings. The van der Waals surface area contributed by atoms with Crippen molar-refractivity contribution in [2.45, 2.75) is 55.4 Å². The summed E-state index contributed by atoms with van der Waals surface area (Å²) < 4.78 is 20.1. The Kier molecular flexibility index (Phi) is 7.41. The highest BCUT2D eigenvalue weighted by Gasteiger charge is 2.26. The first kappa shape index (κ1) is 24.4. The standard InChI is InChI=1S/C29H32N4O3S/c30-24-13-14-25(22-8-2-1-7-21(22)24)36-20-12-15-27-31-32-29(33(27)19-20)23-9-3-4-10-26(23)37-18-17-35-28-11-5-6-16-34-28/h1-4,7-10,12,15,19,24-25,28H,5-6,11,13-14,16-18,30H2. The molecule has 3 atom stereocenters. The molecule has 1 aliphatic carbocycles. The summed E-state index contributed by atoms with van der Waals surface area (Å²) >= 11 is 1.76. The van der Waals surface area contributed by atoms with Gasteiger partial charge in [0, 0.05) is 28.9 Å². The second-order valence-electron chi connectivity index (χ2n) is 9.55. The summed E-state index contributed by atoms with van der Waals surface area (Å²) in [6, 6.07) is 20.6. The molecule has 2 aromatic carbocycles. The van der Waals surface area contributed by atoms with Gasteiger partial charge in [-0.25, -0.2) is 0 Å². The fraction of sp³-hybridized carbons (Fsp3) is 0.379. The van der Waals surface area contributed by atoms with Gasteiger partial charge in [0.15, 0.2) is 17.8 Å². The van der Waals surface area contributed by atoms with Crippen LogP contribution in [-0.2, 0) is 9.47 Å². The van der Waals surface area contributed by atoms with Crippen molar-refractivity contribution in [2.75, 3.05) is 19.0 Å². The van der Waals surface area contributed by atoms with Crippen molar-refractivity contribution in [3.05, 3.63) is 78.0 Å². The van der Waals surface area contributed by atoms with Crippen molar-refractivity contribution in [2.24, 2.45) is 5.73 Å². The topological polar surface area (TPSA) is 83.9 Å². The fourth-order valence-corrected chi connectivity index (χ4v) is 6.04. The summed E-state index contributed by atoms with van der Waals surface area (Å²) in [5.74, 6) is 2.42. The number of ether oxygens (including phenoxy) is 3. The van der Waals surface area contributed by atoms with Gasteiger partial charge >= 0.3 is 0 Å². The van der Waals surface area contributed by atoms with E-state index in [2.05, 4.69) is 46.6 Å². The van der Waals surface area contributed by atoms with Crippen LogP contribution in [0.1, 0.15) is 55.4 Å². The van der Waals surface area contributed by atoms with Gasteiger partial charge < -0.3 is 19.9 Å². The number of rotatable bonds is 8. The molecular formula is C29H32N4O3S. The Labute approximate surface area is 221 Å². The molecule has 1 saturated heterocycles. The average Bonchev–Trinajstić information content (AvgIpc) is 3.37. The summed E-state index contributed by atoms with van der Waals surface area (Å²) in [6.07, 6.45) is 6.99. The summed E-state index contributed by atoms with van der Waals surface area (Å²) in [4.78, 5) is 1.14. The molecule has 3 heterocycles. The van der Waals surface area contributed by atoms with Crippen LogP contribution >= 0.6 is 11.8 Å². The van der Waals surface area contributed by atoms with Crippen LogP contribution in [0.3, 0.4) is 0 Å². The molecule has 0 amide bonds. The Bertz CT molecular complexity index is 1350. The summed E-state index contributed by atoms with van der Waals surface area (Å²) in [6.45, 7) is 1.45. The molecule has 0 radical (unpaired) electrons. The average molecular weight is 517 g/mol. The predicted molar refractivity (Wildman–Crippen MR) is 145 cm³/mol. The fourth-order valence-electron chi connectivity index (χ4n) is 5.15. The number of hydrogen-bond donors (Lipinski definition) is 1. The molecule has 37 heavy (non-hydrogen) atoms. The van der Waals surface area contributed by atoms with Crippen LogP contribution in [0.15, 0.2) is 71.8 Å². The zero-order valence-electron chi connectivity index (χ0n) is 20.8. The SMILES string of the molecule is NC1CCC(Oc2ccc3nnc(-c4ccccc4SCCOC4CCCCO4)n3c2)c2ccccc21. The molecule has 3 unspecified atom stereocenters. The molecule has 0 saturated carbocycles. The van der Waals surface area contributed by atoms with Gasteiger partial charge in [0.25, 0.3) is 0 Å². The normalized spacial score (nSPS) is 21.6. The van der Waals surface area contributed by atoms with Crippen molar-refractivity contribution in [3.63, 3.8) is 0 Å². The molecule has 2 aromatic heterocycles. The first-order chi connectivity index (χ1) is 18.3. The van der Waals surface area contributed by atoms with Crippen LogP contribution in [-0.4, -0.2) is 39.9 Å². The highest BCUT2D eigenvalue weighted by Crippen LogP contribution is 2.38. The highest BCUT2D eigenvalue weighted by molar-refractivity contribution is 7.99. The van der Waals surface area contributed by atoms with Crippen LogP contribution in [0, 0.1) is 0 Å². The Hall–Kier alpha value is -2.91. The van der Waals surface area contributed by atoms with Gasteiger partial charge in [-0.05, 0) is 61.4 Å². The lowest BCUT2D eigenvalue weighted by molar-refractivity contribution is -0.158. The van der Waals surface area contributed by atoms with Gasteiger partial charge in [-0.3, -0.25) is 4.40 Å². The third-order valence-electron chi connectivity index (χ3n) is 7.05. The number of benzene rings is 2. The first-order valence-electron chi connectivity index (χ1n) is 13.1. The van der Waals surface area contributed by atoms with E-state index >= 15 is 0 Å². The summed E-state index contributed by atoms with van der Waals surface area (Å²) in [7, 11) is 0.